The van der Waals surface area contributed by atoms with Gasteiger partial charge in [-0.15, -0.1) is 0 Å². The molecule has 0 fully saturated rings. The normalized spacial score (nSPS) is 12.4. The highest BCUT2D eigenvalue weighted by atomic mass is 79.9. The standard InChI is InChI=1S/C14H12Br2F2N2/c15-12-6-9(17)2-1-8(12)5-14(20-19)11-4-3-10(18)7-13(11)16/h1-4,6-7,14,20H,5,19H2. The fourth-order valence-electron chi connectivity index (χ4n) is 1.95. The van der Waals surface area contributed by atoms with E-state index in [0.29, 0.717) is 15.4 Å². The summed E-state index contributed by atoms with van der Waals surface area (Å²) in [7, 11) is 0. The molecular weight excluding hydrogens is 394 g/mol. The number of halogens is 4. The van der Waals surface area contributed by atoms with Crippen LogP contribution in [0, 0.1) is 11.6 Å². The molecule has 2 aromatic rings. The molecule has 0 aliphatic rings. The van der Waals surface area contributed by atoms with Crippen LogP contribution in [0.25, 0.3) is 0 Å². The zero-order valence-electron chi connectivity index (χ0n) is 10.3. The Balaban J connectivity index is 2.28. The molecule has 0 heterocycles. The summed E-state index contributed by atoms with van der Waals surface area (Å²) in [6.45, 7) is 0. The van der Waals surface area contributed by atoms with E-state index in [0.717, 1.165) is 11.1 Å². The van der Waals surface area contributed by atoms with Crippen molar-refractivity contribution in [2.24, 2.45) is 5.84 Å². The summed E-state index contributed by atoms with van der Waals surface area (Å²) >= 11 is 6.65. The average Bonchev–Trinajstić information content (AvgIpc) is 2.39. The third kappa shape index (κ3) is 3.63. The predicted molar refractivity (Wildman–Crippen MR) is 82.0 cm³/mol. The maximum Gasteiger partial charge on any atom is 0.124 e. The molecule has 6 heteroatoms. The monoisotopic (exact) mass is 404 g/mol. The van der Waals surface area contributed by atoms with Crippen LogP contribution in [-0.2, 0) is 6.42 Å². The lowest BCUT2D eigenvalue weighted by molar-refractivity contribution is 0.545. The van der Waals surface area contributed by atoms with Crippen LogP contribution in [0.3, 0.4) is 0 Å². The number of hydrogen-bond acceptors (Lipinski definition) is 2. The Labute approximate surface area is 132 Å². The van der Waals surface area contributed by atoms with Gasteiger partial charge in [0.25, 0.3) is 0 Å². The van der Waals surface area contributed by atoms with E-state index in [1.807, 2.05) is 0 Å². The molecular formula is C14H12Br2F2N2. The summed E-state index contributed by atoms with van der Waals surface area (Å²) in [4.78, 5) is 0. The largest absolute Gasteiger partial charge is 0.271 e. The highest BCUT2D eigenvalue weighted by Gasteiger charge is 2.16. The predicted octanol–water partition coefficient (Wildman–Crippen LogP) is 4.24. The molecule has 0 aromatic heterocycles. The lowest BCUT2D eigenvalue weighted by Gasteiger charge is -2.19. The quantitative estimate of drug-likeness (QED) is 0.589. The van der Waals surface area contributed by atoms with Crippen LogP contribution in [0.2, 0.25) is 0 Å². The van der Waals surface area contributed by atoms with Crippen molar-refractivity contribution in [2.75, 3.05) is 0 Å². The van der Waals surface area contributed by atoms with Gasteiger partial charge in [-0.05, 0) is 41.8 Å². The van der Waals surface area contributed by atoms with Gasteiger partial charge >= 0.3 is 0 Å². The van der Waals surface area contributed by atoms with Gasteiger partial charge in [0.15, 0.2) is 0 Å². The molecule has 0 spiro atoms. The smallest absolute Gasteiger partial charge is 0.124 e. The van der Waals surface area contributed by atoms with E-state index < -0.39 is 0 Å². The topological polar surface area (TPSA) is 38.0 Å². The second-order valence-corrected chi connectivity index (χ2v) is 6.03. The van der Waals surface area contributed by atoms with E-state index >= 15 is 0 Å². The summed E-state index contributed by atoms with van der Waals surface area (Å²) in [6.07, 6.45) is 0.543. The number of nitrogens with one attached hydrogen (secondary N) is 1. The fraction of sp³-hybridized carbons (Fsp3) is 0.143. The van der Waals surface area contributed by atoms with E-state index in [1.54, 1.807) is 12.1 Å². The number of benzene rings is 2. The summed E-state index contributed by atoms with van der Waals surface area (Å²) in [5.74, 6) is 4.96. The van der Waals surface area contributed by atoms with Crippen molar-refractivity contribution >= 4 is 31.9 Å². The molecule has 0 saturated heterocycles. The number of hydrazine groups is 1. The maximum absolute atomic E-state index is 13.1. The van der Waals surface area contributed by atoms with Crippen LogP contribution in [0.15, 0.2) is 45.3 Å². The van der Waals surface area contributed by atoms with Crippen molar-refractivity contribution in [2.45, 2.75) is 12.5 Å². The van der Waals surface area contributed by atoms with E-state index in [9.17, 15) is 8.78 Å². The molecule has 2 rings (SSSR count). The van der Waals surface area contributed by atoms with Crippen molar-refractivity contribution in [1.29, 1.82) is 0 Å². The molecule has 0 saturated carbocycles. The van der Waals surface area contributed by atoms with Crippen LogP contribution in [0.5, 0.6) is 0 Å². The van der Waals surface area contributed by atoms with Gasteiger partial charge in [0.05, 0.1) is 6.04 Å². The third-order valence-electron chi connectivity index (χ3n) is 2.98. The number of nitrogens with two attached hydrogens (primary N) is 1. The van der Waals surface area contributed by atoms with Gasteiger partial charge in [0.2, 0.25) is 0 Å². The van der Waals surface area contributed by atoms with Gasteiger partial charge < -0.3 is 0 Å². The molecule has 2 aromatic carbocycles. The Kier molecular flexibility index (Phi) is 5.26. The molecule has 106 valence electrons. The van der Waals surface area contributed by atoms with E-state index in [1.165, 1.54) is 24.3 Å². The number of rotatable bonds is 4. The van der Waals surface area contributed by atoms with Crippen LogP contribution < -0.4 is 11.3 Å². The molecule has 1 unspecified atom stereocenters. The number of hydrogen-bond donors (Lipinski definition) is 2. The molecule has 0 amide bonds. The van der Waals surface area contributed by atoms with Crippen LogP contribution in [-0.4, -0.2) is 0 Å². The first-order chi connectivity index (χ1) is 9.51. The molecule has 0 aliphatic carbocycles. The third-order valence-corrected chi connectivity index (χ3v) is 4.40. The highest BCUT2D eigenvalue weighted by molar-refractivity contribution is 9.10. The summed E-state index contributed by atoms with van der Waals surface area (Å²) in [5, 5.41) is 0. The first-order valence-electron chi connectivity index (χ1n) is 5.86. The molecule has 0 aliphatic heterocycles. The molecule has 20 heavy (non-hydrogen) atoms. The van der Waals surface area contributed by atoms with Crippen molar-refractivity contribution in [3.63, 3.8) is 0 Å². The molecule has 0 bridgehead atoms. The minimum Gasteiger partial charge on any atom is -0.271 e. The Bertz CT molecular complexity index is 620. The Morgan fingerprint density at radius 2 is 1.60 bits per heavy atom. The van der Waals surface area contributed by atoms with Gasteiger partial charge in [-0.1, -0.05) is 44.0 Å². The van der Waals surface area contributed by atoms with Crippen molar-refractivity contribution < 1.29 is 8.78 Å². The van der Waals surface area contributed by atoms with Crippen LogP contribution in [0.4, 0.5) is 8.78 Å². The second kappa shape index (κ2) is 6.76. The summed E-state index contributed by atoms with van der Waals surface area (Å²) in [6, 6.07) is 8.72. The van der Waals surface area contributed by atoms with Crippen LogP contribution >= 0.6 is 31.9 Å². The summed E-state index contributed by atoms with van der Waals surface area (Å²) in [5.41, 5.74) is 4.45. The van der Waals surface area contributed by atoms with Gasteiger partial charge in [-0.3, -0.25) is 11.3 Å². The zero-order valence-corrected chi connectivity index (χ0v) is 13.5. The van der Waals surface area contributed by atoms with E-state index in [4.69, 9.17) is 5.84 Å². The van der Waals surface area contributed by atoms with Crippen molar-refractivity contribution in [3.8, 4) is 0 Å². The van der Waals surface area contributed by atoms with E-state index in [-0.39, 0.29) is 17.7 Å². The van der Waals surface area contributed by atoms with Crippen molar-refractivity contribution in [3.05, 3.63) is 68.1 Å². The Morgan fingerprint density at radius 1 is 1.00 bits per heavy atom. The average molecular weight is 406 g/mol. The minimum absolute atomic E-state index is 0.216. The van der Waals surface area contributed by atoms with Crippen molar-refractivity contribution in [1.82, 2.24) is 5.43 Å². The highest BCUT2D eigenvalue weighted by Crippen LogP contribution is 2.29. The van der Waals surface area contributed by atoms with Crippen LogP contribution in [0.1, 0.15) is 17.2 Å². The fourth-order valence-corrected chi connectivity index (χ4v) is 3.09. The Morgan fingerprint density at radius 3 is 2.15 bits per heavy atom. The molecule has 3 N–H and O–H groups in total. The lowest BCUT2D eigenvalue weighted by Crippen LogP contribution is -2.30. The van der Waals surface area contributed by atoms with Gasteiger partial charge in [-0.25, -0.2) is 8.78 Å². The second-order valence-electron chi connectivity index (χ2n) is 4.32. The van der Waals surface area contributed by atoms with Gasteiger partial charge in [0.1, 0.15) is 11.6 Å². The lowest BCUT2D eigenvalue weighted by atomic mass is 9.99. The van der Waals surface area contributed by atoms with E-state index in [2.05, 4.69) is 37.3 Å². The molecule has 0 radical (unpaired) electrons. The van der Waals surface area contributed by atoms with Gasteiger partial charge in [-0.2, -0.15) is 0 Å². The molecule has 1 atom stereocenters. The zero-order chi connectivity index (χ0) is 14.7. The first kappa shape index (κ1) is 15.6. The Hall–Kier alpha value is -0.820. The maximum atomic E-state index is 13.1. The first-order valence-corrected chi connectivity index (χ1v) is 7.45. The minimum atomic E-state index is -0.320. The molecule has 2 nitrogen and oxygen atoms in total. The van der Waals surface area contributed by atoms with Gasteiger partial charge in [0, 0.05) is 8.95 Å². The summed E-state index contributed by atoms with van der Waals surface area (Å²) < 4.78 is 27.5. The SMILES string of the molecule is NNC(Cc1ccc(F)cc1Br)c1ccc(F)cc1Br.